The number of nitrogen functional groups attached to an aromatic ring is 1. The fraction of sp³-hybridized carbons (Fsp3) is 0.438. The number of nitrogens with two attached hydrogens (primary N) is 1. The van der Waals surface area contributed by atoms with Crippen LogP contribution < -0.4 is 5.73 Å². The molecule has 5 nitrogen and oxygen atoms in total. The van der Waals surface area contributed by atoms with Crippen LogP contribution in [0, 0.1) is 0 Å². The van der Waals surface area contributed by atoms with E-state index >= 15 is 0 Å². The Bertz CT molecular complexity index is 666. The maximum Gasteiger partial charge on any atom is 0.270 e. The summed E-state index contributed by atoms with van der Waals surface area (Å²) in [5.41, 5.74) is 8.08. The second-order valence-corrected chi connectivity index (χ2v) is 6.10. The number of nitrogens with zero attached hydrogens (tertiary/aromatic N) is 2. The third-order valence-corrected chi connectivity index (χ3v) is 4.52. The average molecular weight is 286 g/mol. The highest BCUT2D eigenvalue weighted by Crippen LogP contribution is 2.21. The van der Waals surface area contributed by atoms with E-state index in [1.54, 1.807) is 0 Å². The molecule has 2 heterocycles. The summed E-state index contributed by atoms with van der Waals surface area (Å²) < 4.78 is 0. The van der Waals surface area contributed by atoms with Gasteiger partial charge in [0.1, 0.15) is 5.69 Å². The lowest BCUT2D eigenvalue weighted by molar-refractivity contribution is 0.0410. The number of piperazine rings is 1. The Kier molecular flexibility index (Phi) is 3.37. The van der Waals surface area contributed by atoms with E-state index in [9.17, 15) is 4.79 Å². The first-order chi connectivity index (χ1) is 9.95. The van der Waals surface area contributed by atoms with Crippen LogP contribution in [0.3, 0.4) is 0 Å². The van der Waals surface area contributed by atoms with E-state index in [1.807, 2.05) is 29.2 Å². The molecule has 21 heavy (non-hydrogen) atoms. The van der Waals surface area contributed by atoms with Gasteiger partial charge in [-0.1, -0.05) is 0 Å². The Morgan fingerprint density at radius 3 is 2.57 bits per heavy atom. The number of amides is 1. The lowest BCUT2D eigenvalue weighted by atomic mass is 10.1. The Morgan fingerprint density at radius 2 is 1.90 bits per heavy atom. The smallest absolute Gasteiger partial charge is 0.270 e. The highest BCUT2D eigenvalue weighted by atomic mass is 16.2. The Labute approximate surface area is 124 Å². The zero-order valence-corrected chi connectivity index (χ0v) is 12.8. The number of aromatic amines is 1. The molecule has 112 valence electrons. The van der Waals surface area contributed by atoms with Gasteiger partial charge in [0.05, 0.1) is 0 Å². The van der Waals surface area contributed by atoms with Crippen LogP contribution in [0.25, 0.3) is 10.9 Å². The fourth-order valence-corrected chi connectivity index (χ4v) is 3.01. The SMILES string of the molecule is CC1CN(C(=O)c2cc3cc(N)ccc3[nH]2)CC(C)N1C. The normalized spacial score (nSPS) is 23.7. The number of nitrogens with one attached hydrogen (secondary N) is 1. The average Bonchev–Trinajstić information content (AvgIpc) is 2.86. The quantitative estimate of drug-likeness (QED) is 0.787. The van der Waals surface area contributed by atoms with Crippen molar-refractivity contribution in [1.82, 2.24) is 14.8 Å². The number of H-pyrrole nitrogens is 1. The van der Waals surface area contributed by atoms with Gasteiger partial charge in [-0.3, -0.25) is 9.69 Å². The summed E-state index contributed by atoms with van der Waals surface area (Å²) >= 11 is 0. The first-order valence-corrected chi connectivity index (χ1v) is 7.35. The van der Waals surface area contributed by atoms with Gasteiger partial charge in [0.15, 0.2) is 0 Å². The number of anilines is 1. The molecule has 2 aromatic rings. The molecule has 3 rings (SSSR count). The Balaban J connectivity index is 1.86. The van der Waals surface area contributed by atoms with Crippen LogP contribution in [-0.2, 0) is 0 Å². The molecule has 1 saturated heterocycles. The molecule has 2 unspecified atom stereocenters. The molecule has 1 aliphatic rings. The molecule has 1 aromatic heterocycles. The summed E-state index contributed by atoms with van der Waals surface area (Å²) in [4.78, 5) is 20.1. The molecule has 0 saturated carbocycles. The molecule has 0 aliphatic carbocycles. The molecule has 0 spiro atoms. The molecular weight excluding hydrogens is 264 g/mol. The first-order valence-electron chi connectivity index (χ1n) is 7.35. The molecule has 5 heteroatoms. The van der Waals surface area contributed by atoms with Crippen LogP contribution in [-0.4, -0.2) is 52.9 Å². The van der Waals surface area contributed by atoms with E-state index in [4.69, 9.17) is 5.73 Å². The second kappa shape index (κ2) is 5.07. The highest BCUT2D eigenvalue weighted by Gasteiger charge is 2.30. The monoisotopic (exact) mass is 286 g/mol. The maximum absolute atomic E-state index is 12.7. The number of benzene rings is 1. The van der Waals surface area contributed by atoms with Gasteiger partial charge in [0.25, 0.3) is 5.91 Å². The number of aromatic nitrogens is 1. The number of hydrogen-bond donors (Lipinski definition) is 2. The summed E-state index contributed by atoms with van der Waals surface area (Å²) in [6.45, 7) is 5.83. The van der Waals surface area contributed by atoms with Crippen molar-refractivity contribution in [3.63, 3.8) is 0 Å². The molecule has 0 radical (unpaired) electrons. The fourth-order valence-electron chi connectivity index (χ4n) is 3.01. The molecule has 3 N–H and O–H groups in total. The van der Waals surface area contributed by atoms with Gasteiger partial charge in [-0.05, 0) is 45.2 Å². The van der Waals surface area contributed by atoms with Gasteiger partial charge in [0.2, 0.25) is 0 Å². The number of hydrogen-bond acceptors (Lipinski definition) is 3. The van der Waals surface area contributed by atoms with E-state index < -0.39 is 0 Å². The van der Waals surface area contributed by atoms with Gasteiger partial charge in [-0.15, -0.1) is 0 Å². The zero-order valence-electron chi connectivity index (χ0n) is 12.8. The van der Waals surface area contributed by atoms with Gasteiger partial charge in [-0.25, -0.2) is 0 Å². The van der Waals surface area contributed by atoms with Crippen LogP contribution in [0.5, 0.6) is 0 Å². The van der Waals surface area contributed by atoms with Gasteiger partial charge in [0, 0.05) is 41.8 Å². The lowest BCUT2D eigenvalue weighted by Gasteiger charge is -2.42. The minimum Gasteiger partial charge on any atom is -0.399 e. The van der Waals surface area contributed by atoms with Crippen LogP contribution in [0.15, 0.2) is 24.3 Å². The van der Waals surface area contributed by atoms with Crippen LogP contribution in [0.2, 0.25) is 0 Å². The number of fused-ring (bicyclic) bond motifs is 1. The third kappa shape index (κ3) is 2.49. The topological polar surface area (TPSA) is 65.4 Å². The lowest BCUT2D eigenvalue weighted by Crippen LogP contribution is -2.56. The molecule has 1 aromatic carbocycles. The van der Waals surface area contributed by atoms with Gasteiger partial charge >= 0.3 is 0 Å². The predicted molar refractivity (Wildman–Crippen MR) is 85.3 cm³/mol. The van der Waals surface area contributed by atoms with Crippen molar-refractivity contribution < 1.29 is 4.79 Å². The van der Waals surface area contributed by atoms with E-state index in [1.165, 1.54) is 0 Å². The van der Waals surface area contributed by atoms with Crippen molar-refractivity contribution >= 4 is 22.5 Å². The van der Waals surface area contributed by atoms with Crippen LogP contribution in [0.4, 0.5) is 5.69 Å². The largest absolute Gasteiger partial charge is 0.399 e. The van der Waals surface area contributed by atoms with Crippen LogP contribution >= 0.6 is 0 Å². The minimum absolute atomic E-state index is 0.0663. The Morgan fingerprint density at radius 1 is 1.24 bits per heavy atom. The summed E-state index contributed by atoms with van der Waals surface area (Å²) in [5, 5.41) is 0.980. The predicted octanol–water partition coefficient (Wildman–Crippen LogP) is 1.91. The van der Waals surface area contributed by atoms with Crippen molar-refractivity contribution in [2.75, 3.05) is 25.9 Å². The van der Waals surface area contributed by atoms with Crippen molar-refractivity contribution in [3.8, 4) is 0 Å². The standard InChI is InChI=1S/C16H22N4O/c1-10-8-20(9-11(2)19(10)3)16(21)15-7-12-6-13(17)4-5-14(12)18-15/h4-7,10-11,18H,8-9,17H2,1-3H3. The number of carbonyl (C=O) groups excluding carboxylic acids is 1. The Hall–Kier alpha value is -2.01. The third-order valence-electron chi connectivity index (χ3n) is 4.52. The molecular formula is C16H22N4O. The first kappa shape index (κ1) is 13.9. The summed E-state index contributed by atoms with van der Waals surface area (Å²) in [7, 11) is 2.11. The molecule has 0 bridgehead atoms. The summed E-state index contributed by atoms with van der Waals surface area (Å²) in [6.07, 6.45) is 0. The van der Waals surface area contributed by atoms with E-state index in [0.29, 0.717) is 23.5 Å². The molecule has 1 amide bonds. The molecule has 1 aliphatic heterocycles. The number of carbonyl (C=O) groups is 1. The van der Waals surface area contributed by atoms with Crippen molar-refractivity contribution in [2.45, 2.75) is 25.9 Å². The van der Waals surface area contributed by atoms with Gasteiger partial charge in [-0.2, -0.15) is 0 Å². The van der Waals surface area contributed by atoms with Crippen LogP contribution in [0.1, 0.15) is 24.3 Å². The van der Waals surface area contributed by atoms with Crippen molar-refractivity contribution in [1.29, 1.82) is 0 Å². The zero-order chi connectivity index (χ0) is 15.1. The summed E-state index contributed by atoms with van der Waals surface area (Å²) in [5.74, 6) is 0.0663. The molecule has 1 fully saturated rings. The van der Waals surface area contributed by atoms with Gasteiger partial charge < -0.3 is 15.6 Å². The van der Waals surface area contributed by atoms with E-state index in [2.05, 4.69) is 30.8 Å². The highest BCUT2D eigenvalue weighted by molar-refractivity contribution is 5.98. The maximum atomic E-state index is 12.7. The summed E-state index contributed by atoms with van der Waals surface area (Å²) in [6, 6.07) is 8.28. The minimum atomic E-state index is 0.0663. The number of rotatable bonds is 1. The second-order valence-electron chi connectivity index (χ2n) is 6.10. The number of likely N-dealkylation sites (N-methyl/N-ethyl adjacent to an activating group) is 1. The van der Waals surface area contributed by atoms with Crippen molar-refractivity contribution in [2.24, 2.45) is 0 Å². The van der Waals surface area contributed by atoms with Crippen molar-refractivity contribution in [3.05, 3.63) is 30.0 Å². The van der Waals surface area contributed by atoms with E-state index in [-0.39, 0.29) is 5.91 Å². The molecule has 2 atom stereocenters. The van der Waals surface area contributed by atoms with E-state index in [0.717, 1.165) is 24.0 Å².